The molecule has 0 rings (SSSR count). The van der Waals surface area contributed by atoms with Crippen molar-refractivity contribution in [3.63, 3.8) is 0 Å². The summed E-state index contributed by atoms with van der Waals surface area (Å²) in [5, 5.41) is 0. The standard InChI is InChI=1S/C4H10O3S.Na.H2O/c1-4(2,3)7-8(5)6;;/h1-3H3,(H,5,6);;1H2/q;+1;/p-2. The van der Waals surface area contributed by atoms with Gasteiger partial charge in [0.1, 0.15) is 0 Å². The minimum atomic E-state index is -2.39. The van der Waals surface area contributed by atoms with Crippen LogP contribution in [0.1, 0.15) is 20.8 Å². The van der Waals surface area contributed by atoms with Crippen molar-refractivity contribution >= 4 is 11.4 Å². The summed E-state index contributed by atoms with van der Waals surface area (Å²) in [6.45, 7) is 5.01. The molecule has 10 heavy (non-hydrogen) atoms. The minimum absolute atomic E-state index is 0. The van der Waals surface area contributed by atoms with Crippen LogP contribution in [0.2, 0.25) is 0 Å². The molecule has 1 N–H and O–H groups in total. The van der Waals surface area contributed by atoms with Gasteiger partial charge in [-0.05, 0) is 20.8 Å². The first-order chi connectivity index (χ1) is 3.42. The van der Waals surface area contributed by atoms with Crippen LogP contribution in [0.15, 0.2) is 0 Å². The molecule has 1 atom stereocenters. The smallest absolute Gasteiger partial charge is 0.870 e. The second-order valence-electron chi connectivity index (χ2n) is 2.40. The Kier molecular flexibility index (Phi) is 11.6. The van der Waals surface area contributed by atoms with Crippen LogP contribution in [-0.4, -0.2) is 19.8 Å². The molecule has 0 aliphatic carbocycles. The Bertz CT molecular complexity index is 99.9. The van der Waals surface area contributed by atoms with Gasteiger partial charge in [-0.3, -0.25) is 4.18 Å². The third kappa shape index (κ3) is 16.0. The van der Waals surface area contributed by atoms with E-state index < -0.39 is 17.0 Å². The van der Waals surface area contributed by atoms with Crippen molar-refractivity contribution in [2.75, 3.05) is 0 Å². The molecule has 0 fully saturated rings. The molecule has 0 aliphatic heterocycles. The van der Waals surface area contributed by atoms with Gasteiger partial charge in [0.25, 0.3) is 0 Å². The Morgan fingerprint density at radius 3 is 1.70 bits per heavy atom. The molecule has 0 bridgehead atoms. The summed E-state index contributed by atoms with van der Waals surface area (Å²) in [5.41, 5.74) is -0.591. The summed E-state index contributed by atoms with van der Waals surface area (Å²) < 4.78 is 23.9. The van der Waals surface area contributed by atoms with Crippen LogP contribution >= 0.6 is 0 Å². The maximum atomic E-state index is 9.79. The van der Waals surface area contributed by atoms with E-state index in [1.807, 2.05) is 0 Å². The van der Waals surface area contributed by atoms with E-state index in [9.17, 15) is 8.76 Å². The molecule has 0 spiro atoms. The second kappa shape index (κ2) is 6.72. The number of hydrogen-bond donors (Lipinski definition) is 0. The van der Waals surface area contributed by atoms with Crippen molar-refractivity contribution in [2.24, 2.45) is 0 Å². The molecule has 6 heteroatoms. The molecule has 0 saturated carbocycles. The van der Waals surface area contributed by atoms with Crippen LogP contribution in [0.4, 0.5) is 0 Å². The van der Waals surface area contributed by atoms with E-state index in [1.54, 1.807) is 20.8 Å². The topological polar surface area (TPSA) is 79.4 Å². The molecule has 0 aromatic heterocycles. The third-order valence-corrected chi connectivity index (χ3v) is 0.954. The minimum Gasteiger partial charge on any atom is -0.870 e. The van der Waals surface area contributed by atoms with E-state index in [1.165, 1.54) is 0 Å². The molecule has 1 unspecified atom stereocenters. The molecule has 58 valence electrons. The van der Waals surface area contributed by atoms with E-state index in [0.29, 0.717) is 0 Å². The maximum Gasteiger partial charge on any atom is 1.00 e. The van der Waals surface area contributed by atoms with Crippen molar-refractivity contribution < 1.29 is 48.0 Å². The van der Waals surface area contributed by atoms with E-state index >= 15 is 0 Å². The fourth-order valence-corrected chi connectivity index (χ4v) is 0.612. The average Bonchev–Trinajstić information content (AvgIpc) is 1.21. The average molecular weight is 177 g/mol. The summed E-state index contributed by atoms with van der Waals surface area (Å²) in [6.07, 6.45) is 0. The zero-order chi connectivity index (χ0) is 6.78. The van der Waals surface area contributed by atoms with Gasteiger partial charge in [0.05, 0.1) is 17.0 Å². The van der Waals surface area contributed by atoms with E-state index in [4.69, 9.17) is 0 Å². The Balaban J connectivity index is -0.000000245. The van der Waals surface area contributed by atoms with Crippen molar-refractivity contribution in [3.05, 3.63) is 0 Å². The maximum absolute atomic E-state index is 9.79. The molecule has 0 amide bonds. The molecular weight excluding hydrogens is 167 g/mol. The third-order valence-electron chi connectivity index (χ3n) is 0.318. The molecule has 0 aromatic carbocycles. The fraction of sp³-hybridized carbons (Fsp3) is 1.00. The van der Waals surface area contributed by atoms with Crippen molar-refractivity contribution in [3.8, 4) is 0 Å². The summed E-state index contributed by atoms with van der Waals surface area (Å²) >= 11 is -2.39. The Morgan fingerprint density at radius 1 is 1.40 bits per heavy atom. The van der Waals surface area contributed by atoms with Crippen LogP contribution in [0.25, 0.3) is 0 Å². The van der Waals surface area contributed by atoms with Gasteiger partial charge in [-0.25, -0.2) is 4.21 Å². The van der Waals surface area contributed by atoms with E-state index in [-0.39, 0.29) is 35.0 Å². The zero-order valence-corrected chi connectivity index (χ0v) is 9.40. The van der Waals surface area contributed by atoms with Crippen LogP contribution in [0.3, 0.4) is 0 Å². The monoisotopic (exact) mass is 177 g/mol. The molecular formula is C4H10NaO4S-. The number of rotatable bonds is 1. The zero-order valence-electron chi connectivity index (χ0n) is 6.58. The predicted octanol–water partition coefficient (Wildman–Crippen LogP) is -2.58. The van der Waals surface area contributed by atoms with Gasteiger partial charge in [0, 0.05) is 0 Å². The van der Waals surface area contributed by atoms with Gasteiger partial charge in [0.2, 0.25) is 0 Å². The quantitative estimate of drug-likeness (QED) is 0.325. The van der Waals surface area contributed by atoms with Gasteiger partial charge < -0.3 is 10.0 Å². The Labute approximate surface area is 85.4 Å². The molecule has 0 heterocycles. The summed E-state index contributed by atoms with van der Waals surface area (Å²) in [4.78, 5) is 0. The fourth-order valence-electron chi connectivity index (χ4n) is 0.204. The molecule has 0 radical (unpaired) electrons. The van der Waals surface area contributed by atoms with Crippen LogP contribution in [-0.2, 0) is 15.5 Å². The molecule has 4 nitrogen and oxygen atoms in total. The molecule has 0 aliphatic rings. The van der Waals surface area contributed by atoms with Crippen LogP contribution in [0, 0.1) is 0 Å². The van der Waals surface area contributed by atoms with Gasteiger partial charge in [-0.2, -0.15) is 0 Å². The van der Waals surface area contributed by atoms with Gasteiger partial charge in [-0.1, -0.05) is 0 Å². The normalized spacial score (nSPS) is 12.8. The predicted molar refractivity (Wildman–Crippen MR) is 31.7 cm³/mol. The SMILES string of the molecule is CC(C)(C)OS(=O)[O-].[Na+].[OH-]. The van der Waals surface area contributed by atoms with Crippen molar-refractivity contribution in [1.82, 2.24) is 0 Å². The summed E-state index contributed by atoms with van der Waals surface area (Å²) in [5.74, 6) is 0. The summed E-state index contributed by atoms with van der Waals surface area (Å²) in [7, 11) is 0. The summed E-state index contributed by atoms with van der Waals surface area (Å²) in [6, 6.07) is 0. The van der Waals surface area contributed by atoms with Crippen molar-refractivity contribution in [2.45, 2.75) is 26.4 Å². The number of hydrogen-bond acceptors (Lipinski definition) is 4. The van der Waals surface area contributed by atoms with Crippen molar-refractivity contribution in [1.29, 1.82) is 0 Å². The van der Waals surface area contributed by atoms with Gasteiger partial charge in [0.15, 0.2) is 0 Å². The molecule has 0 aromatic rings. The first kappa shape index (κ1) is 17.2. The van der Waals surface area contributed by atoms with Crippen LogP contribution in [0.5, 0.6) is 0 Å². The van der Waals surface area contributed by atoms with Gasteiger partial charge >= 0.3 is 29.6 Å². The Morgan fingerprint density at radius 2 is 1.70 bits per heavy atom. The first-order valence-electron chi connectivity index (χ1n) is 2.20. The van der Waals surface area contributed by atoms with E-state index in [0.717, 1.165) is 0 Å². The van der Waals surface area contributed by atoms with Crippen LogP contribution < -0.4 is 29.6 Å². The largest absolute Gasteiger partial charge is 1.00 e. The second-order valence-corrected chi connectivity index (χ2v) is 2.97. The van der Waals surface area contributed by atoms with Gasteiger partial charge in [-0.15, -0.1) is 0 Å². The molecule has 0 saturated heterocycles. The first-order valence-corrected chi connectivity index (χ1v) is 3.20. The Hall–Kier alpha value is 1.03. The van der Waals surface area contributed by atoms with E-state index in [2.05, 4.69) is 4.18 Å².